The van der Waals surface area contributed by atoms with Crippen molar-refractivity contribution >= 4 is 47.3 Å². The Bertz CT molecular complexity index is 989. The van der Waals surface area contributed by atoms with E-state index in [4.69, 9.17) is 16.6 Å². The minimum Gasteiger partial charge on any atom is -0.508 e. The van der Waals surface area contributed by atoms with Crippen LogP contribution in [-0.2, 0) is 35.2 Å². The number of carbonyl (C=O) groups is 6. The number of aromatic hydroxyl groups is 1. The summed E-state index contributed by atoms with van der Waals surface area (Å²) in [6, 6.07) is 0.277. The highest BCUT2D eigenvalue weighted by atomic mass is 32.2. The molecule has 0 bridgehead atoms. The van der Waals surface area contributed by atoms with Crippen LogP contribution < -0.4 is 27.4 Å². The number of phenolic OH excluding ortho intramolecular Hbond substituents is 1. The van der Waals surface area contributed by atoms with Crippen molar-refractivity contribution in [2.75, 3.05) is 12.0 Å². The number of benzene rings is 1. The Morgan fingerprint density at radius 3 is 1.92 bits per heavy atom. The first-order valence-electron chi connectivity index (χ1n) is 11.0. The molecular weight excluding hydrogens is 510 g/mol. The number of hydrogen-bond donors (Lipinski definition) is 8. The van der Waals surface area contributed by atoms with Gasteiger partial charge < -0.3 is 42.7 Å². The number of rotatable bonds is 16. The number of aliphatic carboxylic acids is 2. The van der Waals surface area contributed by atoms with Crippen molar-refractivity contribution in [3.63, 3.8) is 0 Å². The number of nitrogens with two attached hydrogens (primary N) is 2. The number of carbonyl (C=O) groups excluding carboxylic acids is 4. The van der Waals surface area contributed by atoms with E-state index in [0.717, 1.165) is 0 Å². The molecule has 0 aliphatic carbocycles. The molecule has 37 heavy (non-hydrogen) atoms. The number of nitrogens with one attached hydrogen (secondary N) is 3. The van der Waals surface area contributed by atoms with Crippen molar-refractivity contribution in [2.24, 2.45) is 11.5 Å². The van der Waals surface area contributed by atoms with E-state index >= 15 is 0 Å². The SMILES string of the molecule is CSCCC(NC(=O)C(CC(N)=O)NC(=O)C(N)Cc1ccc(O)cc1)C(=O)NC(CC(=O)O)C(=O)O. The maximum absolute atomic E-state index is 12.9. The van der Waals surface area contributed by atoms with Gasteiger partial charge in [0.05, 0.1) is 18.9 Å². The van der Waals surface area contributed by atoms with Gasteiger partial charge in [0, 0.05) is 0 Å². The summed E-state index contributed by atoms with van der Waals surface area (Å²) in [4.78, 5) is 71.9. The summed E-state index contributed by atoms with van der Waals surface area (Å²) < 4.78 is 0. The standard InChI is InChI=1S/C22H31N5O9S/c1-37-7-6-14(20(33)27-16(22(35)36)10-18(30)31)25-21(34)15(9-17(24)29)26-19(32)13(23)8-11-2-4-12(28)5-3-11/h2-5,13-16,28H,6-10,23H2,1H3,(H2,24,29)(H,25,34)(H,26,32)(H,27,33)(H,30,31)(H,35,36). The lowest BCUT2D eigenvalue weighted by molar-refractivity contribution is -0.147. The van der Waals surface area contributed by atoms with Crippen LogP contribution in [0.5, 0.6) is 5.75 Å². The van der Waals surface area contributed by atoms with E-state index in [2.05, 4.69) is 16.0 Å². The monoisotopic (exact) mass is 541 g/mol. The second-order valence-electron chi connectivity index (χ2n) is 8.05. The summed E-state index contributed by atoms with van der Waals surface area (Å²) in [5.74, 6) is -6.26. The number of primary amides is 1. The third-order valence-electron chi connectivity index (χ3n) is 5.00. The highest BCUT2D eigenvalue weighted by Crippen LogP contribution is 2.11. The lowest BCUT2D eigenvalue weighted by Crippen LogP contribution is -2.58. The molecule has 0 heterocycles. The molecule has 0 aromatic heterocycles. The normalized spacial score (nSPS) is 13.9. The van der Waals surface area contributed by atoms with E-state index in [1.165, 1.54) is 23.9 Å². The molecule has 1 rings (SSSR count). The Labute approximate surface area is 216 Å². The van der Waals surface area contributed by atoms with Gasteiger partial charge in [0.15, 0.2) is 0 Å². The zero-order chi connectivity index (χ0) is 28.1. The van der Waals surface area contributed by atoms with Crippen LogP contribution in [0.25, 0.3) is 0 Å². The molecule has 15 heteroatoms. The molecule has 0 aliphatic rings. The van der Waals surface area contributed by atoms with Crippen molar-refractivity contribution in [1.82, 2.24) is 16.0 Å². The summed E-state index contributed by atoms with van der Waals surface area (Å²) in [6.07, 6.45) is 0.319. The van der Waals surface area contributed by atoms with E-state index in [-0.39, 0.29) is 18.6 Å². The lowest BCUT2D eigenvalue weighted by Gasteiger charge is -2.24. The van der Waals surface area contributed by atoms with Crippen LogP contribution in [0.3, 0.4) is 0 Å². The number of carboxylic acids is 2. The summed E-state index contributed by atoms with van der Waals surface area (Å²) in [6.45, 7) is 0. The third-order valence-corrected chi connectivity index (χ3v) is 5.65. The van der Waals surface area contributed by atoms with Crippen LogP contribution in [0.1, 0.15) is 24.8 Å². The Balaban J connectivity index is 2.96. The fraction of sp³-hybridized carbons (Fsp3) is 0.455. The quantitative estimate of drug-likeness (QED) is 0.112. The van der Waals surface area contributed by atoms with Crippen LogP contribution in [0, 0.1) is 0 Å². The molecule has 4 atom stereocenters. The summed E-state index contributed by atoms with van der Waals surface area (Å²) >= 11 is 1.33. The largest absolute Gasteiger partial charge is 0.508 e. The van der Waals surface area contributed by atoms with Gasteiger partial charge in [-0.15, -0.1) is 0 Å². The van der Waals surface area contributed by atoms with Gasteiger partial charge in [0.25, 0.3) is 0 Å². The number of phenols is 1. The smallest absolute Gasteiger partial charge is 0.326 e. The predicted octanol–water partition coefficient (Wildman–Crippen LogP) is -2.10. The molecule has 0 spiro atoms. The summed E-state index contributed by atoms with van der Waals surface area (Å²) in [5.41, 5.74) is 11.7. The first kappa shape index (κ1) is 31.2. The van der Waals surface area contributed by atoms with Crippen LogP contribution in [0.4, 0.5) is 0 Å². The van der Waals surface area contributed by atoms with Gasteiger partial charge in [-0.1, -0.05) is 12.1 Å². The number of hydrogen-bond acceptors (Lipinski definition) is 9. The first-order valence-corrected chi connectivity index (χ1v) is 12.4. The Morgan fingerprint density at radius 1 is 0.865 bits per heavy atom. The van der Waals surface area contributed by atoms with Crippen molar-refractivity contribution in [3.05, 3.63) is 29.8 Å². The maximum Gasteiger partial charge on any atom is 0.326 e. The minimum atomic E-state index is -1.74. The molecule has 0 radical (unpaired) electrons. The maximum atomic E-state index is 12.9. The number of thioether (sulfide) groups is 1. The molecule has 0 fully saturated rings. The molecular formula is C22H31N5O9S. The van der Waals surface area contributed by atoms with Crippen LogP contribution >= 0.6 is 11.8 Å². The molecule has 0 saturated carbocycles. The minimum absolute atomic E-state index is 0.0256. The van der Waals surface area contributed by atoms with E-state index in [9.17, 15) is 39.0 Å². The summed E-state index contributed by atoms with van der Waals surface area (Å²) in [7, 11) is 0. The van der Waals surface area contributed by atoms with Crippen LogP contribution in [0.2, 0.25) is 0 Å². The molecule has 10 N–H and O–H groups in total. The fourth-order valence-corrected chi connectivity index (χ4v) is 3.56. The Hall–Kier alpha value is -3.85. The van der Waals surface area contributed by atoms with Gasteiger partial charge in [0.2, 0.25) is 23.6 Å². The first-order chi connectivity index (χ1) is 17.3. The molecule has 0 saturated heterocycles. The molecule has 1 aromatic carbocycles. The second-order valence-corrected chi connectivity index (χ2v) is 9.03. The van der Waals surface area contributed by atoms with Crippen molar-refractivity contribution in [2.45, 2.75) is 49.9 Å². The molecule has 0 aliphatic heterocycles. The van der Waals surface area contributed by atoms with Gasteiger partial charge in [0.1, 0.15) is 23.9 Å². The fourth-order valence-electron chi connectivity index (χ4n) is 3.09. The molecule has 4 unspecified atom stereocenters. The average molecular weight is 542 g/mol. The van der Waals surface area contributed by atoms with E-state index in [1.54, 1.807) is 18.4 Å². The number of amides is 4. The average Bonchev–Trinajstić information content (AvgIpc) is 2.81. The van der Waals surface area contributed by atoms with Gasteiger partial charge in [-0.3, -0.25) is 24.0 Å². The highest BCUT2D eigenvalue weighted by Gasteiger charge is 2.31. The highest BCUT2D eigenvalue weighted by molar-refractivity contribution is 7.98. The van der Waals surface area contributed by atoms with Crippen molar-refractivity contribution in [3.8, 4) is 5.75 Å². The van der Waals surface area contributed by atoms with Gasteiger partial charge in [-0.05, 0) is 42.5 Å². The number of carboxylic acid groups (broad SMARTS) is 2. The lowest BCUT2D eigenvalue weighted by atomic mass is 10.0. The van der Waals surface area contributed by atoms with Crippen LogP contribution in [-0.4, -0.2) is 87.1 Å². The van der Waals surface area contributed by atoms with Crippen molar-refractivity contribution < 1.29 is 44.1 Å². The van der Waals surface area contributed by atoms with Gasteiger partial charge in [-0.2, -0.15) is 11.8 Å². The van der Waals surface area contributed by atoms with Gasteiger partial charge >= 0.3 is 11.9 Å². The molecule has 4 amide bonds. The van der Waals surface area contributed by atoms with Crippen molar-refractivity contribution in [1.29, 1.82) is 0 Å². The van der Waals surface area contributed by atoms with E-state index < -0.39 is 72.6 Å². The molecule has 204 valence electrons. The zero-order valence-corrected chi connectivity index (χ0v) is 20.8. The van der Waals surface area contributed by atoms with E-state index in [0.29, 0.717) is 11.3 Å². The Morgan fingerprint density at radius 2 is 1.41 bits per heavy atom. The summed E-state index contributed by atoms with van der Waals surface area (Å²) in [5, 5.41) is 34.2. The molecule has 1 aromatic rings. The van der Waals surface area contributed by atoms with E-state index in [1.807, 2.05) is 0 Å². The zero-order valence-electron chi connectivity index (χ0n) is 20.0. The topological polar surface area (TPSA) is 251 Å². The Kier molecular flexibility index (Phi) is 12.9. The van der Waals surface area contributed by atoms with Crippen LogP contribution in [0.15, 0.2) is 24.3 Å². The predicted molar refractivity (Wildman–Crippen MR) is 132 cm³/mol. The second kappa shape index (κ2) is 15.3. The van der Waals surface area contributed by atoms with Gasteiger partial charge in [-0.25, -0.2) is 4.79 Å². The molecule has 14 nitrogen and oxygen atoms in total. The third kappa shape index (κ3) is 11.6.